The van der Waals surface area contributed by atoms with Crippen LogP contribution in [0.1, 0.15) is 38.1 Å². The maximum atomic E-state index is 8.87. The molecule has 0 amide bonds. The minimum Gasteiger partial charge on any atom is -0.396 e. The lowest BCUT2D eigenvalue weighted by molar-refractivity contribution is 0.266. The Morgan fingerprint density at radius 3 is 2.72 bits per heavy atom. The van der Waals surface area contributed by atoms with Crippen LogP contribution in [0.15, 0.2) is 0 Å². The monoisotopic (exact) mass is 252 g/mol. The Hall–Kier alpha value is -1.36. The number of rotatable bonds is 7. The van der Waals surface area contributed by atoms with Crippen LogP contribution in [0.3, 0.4) is 0 Å². The van der Waals surface area contributed by atoms with Gasteiger partial charge in [-0.05, 0) is 25.7 Å². The zero-order valence-corrected chi connectivity index (χ0v) is 11.5. The fraction of sp³-hybridized carbons (Fsp3) is 0.692. The summed E-state index contributed by atoms with van der Waals surface area (Å²) < 4.78 is 0. The van der Waals surface area contributed by atoms with E-state index in [1.165, 1.54) is 0 Å². The molecule has 1 aromatic rings. The van der Waals surface area contributed by atoms with Crippen molar-refractivity contribution in [2.75, 3.05) is 24.2 Å². The van der Waals surface area contributed by atoms with E-state index < -0.39 is 0 Å². The number of nitrogen functional groups attached to an aromatic ring is 1. The van der Waals surface area contributed by atoms with Gasteiger partial charge in [0, 0.05) is 25.1 Å². The van der Waals surface area contributed by atoms with E-state index in [2.05, 4.69) is 29.1 Å². The minimum absolute atomic E-state index is 0.217. The van der Waals surface area contributed by atoms with Crippen molar-refractivity contribution in [2.45, 2.75) is 40.0 Å². The molecule has 102 valence electrons. The first-order valence-electron chi connectivity index (χ1n) is 6.56. The van der Waals surface area contributed by atoms with E-state index in [0.717, 1.165) is 43.0 Å². The average molecular weight is 252 g/mol. The molecule has 5 nitrogen and oxygen atoms in total. The molecular weight excluding hydrogens is 228 g/mol. The Labute approximate surface area is 109 Å². The third kappa shape index (κ3) is 4.14. The molecule has 0 radical (unpaired) electrons. The molecule has 0 bridgehead atoms. The molecule has 0 aromatic carbocycles. The second kappa shape index (κ2) is 7.16. The second-order valence-corrected chi connectivity index (χ2v) is 4.75. The quantitative estimate of drug-likeness (QED) is 0.688. The minimum atomic E-state index is 0.217. The van der Waals surface area contributed by atoms with E-state index in [1.54, 1.807) is 0 Å². The molecule has 1 unspecified atom stereocenters. The molecule has 1 atom stereocenters. The molecule has 1 rings (SSSR count). The van der Waals surface area contributed by atoms with E-state index in [-0.39, 0.29) is 6.61 Å². The molecule has 1 aromatic heterocycles. The number of anilines is 2. The molecule has 0 fully saturated rings. The zero-order valence-electron chi connectivity index (χ0n) is 11.5. The first-order chi connectivity index (χ1) is 8.58. The summed E-state index contributed by atoms with van der Waals surface area (Å²) >= 11 is 0. The number of aliphatic hydroxyl groups is 1. The predicted octanol–water partition coefficient (Wildman–Crippen LogP) is 1.75. The highest BCUT2D eigenvalue weighted by atomic mass is 16.3. The molecule has 0 aliphatic carbocycles. The third-order valence-electron chi connectivity index (χ3n) is 2.94. The van der Waals surface area contributed by atoms with Crippen LogP contribution in [-0.4, -0.2) is 28.2 Å². The van der Waals surface area contributed by atoms with E-state index in [4.69, 9.17) is 10.8 Å². The number of nitrogens with two attached hydrogens (primary N) is 1. The number of nitrogens with one attached hydrogen (secondary N) is 1. The van der Waals surface area contributed by atoms with Gasteiger partial charge in [-0.2, -0.15) is 0 Å². The summed E-state index contributed by atoms with van der Waals surface area (Å²) in [5.74, 6) is 2.56. The molecule has 0 saturated heterocycles. The summed E-state index contributed by atoms with van der Waals surface area (Å²) in [6.07, 6.45) is 2.63. The fourth-order valence-electron chi connectivity index (χ4n) is 1.68. The van der Waals surface area contributed by atoms with Gasteiger partial charge in [-0.3, -0.25) is 0 Å². The van der Waals surface area contributed by atoms with Gasteiger partial charge in [-0.15, -0.1) is 0 Å². The summed E-state index contributed by atoms with van der Waals surface area (Å²) in [7, 11) is 0. The van der Waals surface area contributed by atoms with E-state index in [0.29, 0.717) is 11.7 Å². The number of hydrogen-bond acceptors (Lipinski definition) is 5. The zero-order chi connectivity index (χ0) is 13.5. The van der Waals surface area contributed by atoms with Gasteiger partial charge in [-0.25, -0.2) is 9.97 Å². The maximum Gasteiger partial charge on any atom is 0.134 e. The van der Waals surface area contributed by atoms with Gasteiger partial charge in [0.1, 0.15) is 17.5 Å². The number of aliphatic hydroxyl groups excluding tert-OH is 1. The molecular formula is C13H24N4O. The van der Waals surface area contributed by atoms with Crippen LogP contribution in [-0.2, 0) is 6.42 Å². The molecule has 5 heteroatoms. The molecule has 0 spiro atoms. The topological polar surface area (TPSA) is 84.1 Å². The van der Waals surface area contributed by atoms with Gasteiger partial charge in [0.2, 0.25) is 0 Å². The van der Waals surface area contributed by atoms with Crippen LogP contribution in [0, 0.1) is 12.8 Å². The van der Waals surface area contributed by atoms with Crippen molar-refractivity contribution in [2.24, 2.45) is 5.92 Å². The summed E-state index contributed by atoms with van der Waals surface area (Å²) in [5.41, 5.74) is 6.78. The van der Waals surface area contributed by atoms with Crippen LogP contribution >= 0.6 is 0 Å². The van der Waals surface area contributed by atoms with Crippen molar-refractivity contribution < 1.29 is 5.11 Å². The van der Waals surface area contributed by atoms with Crippen LogP contribution in [0.2, 0.25) is 0 Å². The van der Waals surface area contributed by atoms with Gasteiger partial charge in [0.05, 0.1) is 0 Å². The first-order valence-corrected chi connectivity index (χ1v) is 6.56. The van der Waals surface area contributed by atoms with Crippen LogP contribution in [0.4, 0.5) is 11.6 Å². The smallest absolute Gasteiger partial charge is 0.134 e. The number of nitrogens with zero attached hydrogens (tertiary/aromatic N) is 2. The van der Waals surface area contributed by atoms with E-state index in [1.807, 2.05) is 6.92 Å². The van der Waals surface area contributed by atoms with Gasteiger partial charge in [0.15, 0.2) is 0 Å². The lowest BCUT2D eigenvalue weighted by atomic mass is 10.1. The average Bonchev–Trinajstić information content (AvgIpc) is 2.32. The summed E-state index contributed by atoms with van der Waals surface area (Å²) in [6.45, 7) is 7.11. The summed E-state index contributed by atoms with van der Waals surface area (Å²) in [5, 5.41) is 12.2. The highest BCUT2D eigenvalue weighted by Gasteiger charge is 2.09. The molecule has 0 saturated carbocycles. The van der Waals surface area contributed by atoms with Crippen LogP contribution < -0.4 is 11.1 Å². The van der Waals surface area contributed by atoms with E-state index in [9.17, 15) is 0 Å². The summed E-state index contributed by atoms with van der Waals surface area (Å²) in [6, 6.07) is 0. The van der Waals surface area contributed by atoms with E-state index >= 15 is 0 Å². The largest absolute Gasteiger partial charge is 0.396 e. The van der Waals surface area contributed by atoms with Gasteiger partial charge >= 0.3 is 0 Å². The van der Waals surface area contributed by atoms with Crippen molar-refractivity contribution in [3.8, 4) is 0 Å². The van der Waals surface area contributed by atoms with Crippen molar-refractivity contribution in [3.05, 3.63) is 11.4 Å². The Balaban J connectivity index is 2.74. The number of hydrogen-bond donors (Lipinski definition) is 3. The van der Waals surface area contributed by atoms with Gasteiger partial charge in [-0.1, -0.05) is 13.8 Å². The van der Waals surface area contributed by atoms with Crippen molar-refractivity contribution in [1.82, 2.24) is 9.97 Å². The van der Waals surface area contributed by atoms with Gasteiger partial charge < -0.3 is 16.2 Å². The summed E-state index contributed by atoms with van der Waals surface area (Å²) in [4.78, 5) is 8.76. The Kier molecular flexibility index (Phi) is 5.85. The first kappa shape index (κ1) is 14.7. The lowest BCUT2D eigenvalue weighted by Gasteiger charge is -2.15. The van der Waals surface area contributed by atoms with Gasteiger partial charge in [0.25, 0.3) is 0 Å². The van der Waals surface area contributed by atoms with Crippen molar-refractivity contribution >= 4 is 11.6 Å². The van der Waals surface area contributed by atoms with Crippen LogP contribution in [0.25, 0.3) is 0 Å². The Morgan fingerprint density at radius 1 is 1.39 bits per heavy atom. The second-order valence-electron chi connectivity index (χ2n) is 4.75. The van der Waals surface area contributed by atoms with Crippen molar-refractivity contribution in [3.63, 3.8) is 0 Å². The molecule has 0 aliphatic rings. The molecule has 1 heterocycles. The third-order valence-corrected chi connectivity index (χ3v) is 2.94. The molecule has 4 N–H and O–H groups in total. The predicted molar refractivity (Wildman–Crippen MR) is 74.5 cm³/mol. The Morgan fingerprint density at radius 2 is 2.11 bits per heavy atom. The Bertz CT molecular complexity index is 381. The van der Waals surface area contributed by atoms with Crippen molar-refractivity contribution in [1.29, 1.82) is 0 Å². The maximum absolute atomic E-state index is 8.87. The lowest BCUT2D eigenvalue weighted by Crippen LogP contribution is -2.16. The molecule has 0 aliphatic heterocycles. The standard InChI is InChI=1S/C13H24N4O/c1-4-5-11-16-12(14)10(3)13(17-11)15-8-9(2)6-7-18/h9,18H,4-8H2,1-3H3,(H3,14,15,16,17). The fourth-order valence-corrected chi connectivity index (χ4v) is 1.68. The highest BCUT2D eigenvalue weighted by molar-refractivity contribution is 5.54. The van der Waals surface area contributed by atoms with Crippen LogP contribution in [0.5, 0.6) is 0 Å². The molecule has 18 heavy (non-hydrogen) atoms. The highest BCUT2D eigenvalue weighted by Crippen LogP contribution is 2.18. The SMILES string of the molecule is CCCc1nc(N)c(C)c(NCC(C)CCO)n1. The number of aryl methyl sites for hydroxylation is 1. The number of aromatic nitrogens is 2. The normalized spacial score (nSPS) is 12.4.